The van der Waals surface area contributed by atoms with Crippen molar-refractivity contribution in [3.63, 3.8) is 0 Å². The van der Waals surface area contributed by atoms with Gasteiger partial charge in [-0.3, -0.25) is 0 Å². The first kappa shape index (κ1) is 22.5. The molecule has 0 aliphatic heterocycles. The molecule has 0 spiro atoms. The first-order valence-corrected chi connectivity index (χ1v) is 11.3. The molecule has 0 aromatic rings. The Morgan fingerprint density at radius 3 is 2.36 bits per heavy atom. The summed E-state index contributed by atoms with van der Waals surface area (Å²) in [5.41, 5.74) is 4.99. The highest BCUT2D eigenvalue weighted by atomic mass is 14.4. The van der Waals surface area contributed by atoms with Crippen molar-refractivity contribution in [1.82, 2.24) is 0 Å². The highest BCUT2D eigenvalue weighted by molar-refractivity contribution is 5.10. The number of rotatable bonds is 13. The van der Waals surface area contributed by atoms with Gasteiger partial charge in [-0.1, -0.05) is 70.3 Å². The van der Waals surface area contributed by atoms with Crippen LogP contribution in [0.2, 0.25) is 0 Å². The van der Waals surface area contributed by atoms with Crippen molar-refractivity contribution in [1.29, 1.82) is 0 Å². The van der Waals surface area contributed by atoms with Gasteiger partial charge in [0.05, 0.1) is 0 Å². The van der Waals surface area contributed by atoms with Gasteiger partial charge in [0.2, 0.25) is 0 Å². The number of allylic oxidation sites excluding steroid dienone is 4. The van der Waals surface area contributed by atoms with Crippen molar-refractivity contribution in [2.24, 2.45) is 23.7 Å². The average molecular weight is 347 g/mol. The smallest absolute Gasteiger partial charge is 0.0292 e. The molecule has 0 amide bonds. The third-order valence-corrected chi connectivity index (χ3v) is 6.58. The van der Waals surface area contributed by atoms with Crippen LogP contribution < -0.4 is 0 Å². The van der Waals surface area contributed by atoms with E-state index in [0.717, 1.165) is 23.7 Å². The van der Waals surface area contributed by atoms with E-state index >= 15 is 0 Å². The monoisotopic (exact) mass is 346 g/mol. The first-order chi connectivity index (χ1) is 11.9. The predicted molar refractivity (Wildman–Crippen MR) is 115 cm³/mol. The molecule has 0 bridgehead atoms. The Morgan fingerprint density at radius 1 is 1.04 bits per heavy atom. The van der Waals surface area contributed by atoms with Crippen molar-refractivity contribution in [2.45, 2.75) is 113 Å². The van der Waals surface area contributed by atoms with Crippen LogP contribution in [0.1, 0.15) is 113 Å². The molecule has 0 nitrogen and oxygen atoms in total. The maximum absolute atomic E-state index is 2.50. The fourth-order valence-corrected chi connectivity index (χ4v) is 4.44. The minimum atomic E-state index is 0.871. The standard InChI is InChI=1S/C25H46/c1-8-11-13-23(12-9-2)16-19(4)14-15-24-18-25(24)22(7)17-21(6)20(5)10-3/h12,19,22,24-25H,8-11,13-18H2,1-7H3. The molecular formula is C25H46. The molecule has 4 atom stereocenters. The lowest BCUT2D eigenvalue weighted by molar-refractivity contribution is 0.423. The largest absolute Gasteiger partial charge is 0.0856 e. The summed E-state index contributed by atoms with van der Waals surface area (Å²) in [5, 5.41) is 0. The van der Waals surface area contributed by atoms with Crippen LogP contribution in [0, 0.1) is 23.7 Å². The molecule has 1 rings (SSSR count). The van der Waals surface area contributed by atoms with Gasteiger partial charge in [-0.2, -0.15) is 0 Å². The minimum Gasteiger partial charge on any atom is -0.0856 e. The highest BCUT2D eigenvalue weighted by Gasteiger charge is 2.40. The lowest BCUT2D eigenvalue weighted by atomic mass is 9.90. The van der Waals surface area contributed by atoms with E-state index in [1.807, 2.05) is 0 Å². The molecule has 0 aromatic heterocycles. The molecule has 0 heterocycles. The topological polar surface area (TPSA) is 0 Å². The van der Waals surface area contributed by atoms with Crippen LogP contribution in [0.15, 0.2) is 22.8 Å². The summed E-state index contributed by atoms with van der Waals surface area (Å²) in [5.74, 6) is 3.80. The Balaban J connectivity index is 2.31. The van der Waals surface area contributed by atoms with Crippen LogP contribution in [-0.2, 0) is 0 Å². The second-order valence-corrected chi connectivity index (χ2v) is 9.02. The van der Waals surface area contributed by atoms with Crippen molar-refractivity contribution < 1.29 is 0 Å². The van der Waals surface area contributed by atoms with Gasteiger partial charge < -0.3 is 0 Å². The zero-order valence-electron chi connectivity index (χ0n) is 18.5. The molecule has 0 radical (unpaired) electrons. The molecule has 0 heteroatoms. The van der Waals surface area contributed by atoms with Crippen LogP contribution in [0.5, 0.6) is 0 Å². The van der Waals surface area contributed by atoms with E-state index in [1.165, 1.54) is 64.2 Å². The summed E-state index contributed by atoms with van der Waals surface area (Å²) < 4.78 is 0. The first-order valence-electron chi connectivity index (χ1n) is 11.3. The summed E-state index contributed by atoms with van der Waals surface area (Å²) in [6, 6.07) is 0. The lowest BCUT2D eigenvalue weighted by Gasteiger charge is -2.16. The van der Waals surface area contributed by atoms with Crippen LogP contribution in [0.4, 0.5) is 0 Å². The molecule has 0 N–H and O–H groups in total. The van der Waals surface area contributed by atoms with Crippen molar-refractivity contribution in [2.75, 3.05) is 0 Å². The summed E-state index contributed by atoms with van der Waals surface area (Å²) >= 11 is 0. The molecule has 0 aromatic carbocycles. The van der Waals surface area contributed by atoms with Crippen LogP contribution in [0.25, 0.3) is 0 Å². The van der Waals surface area contributed by atoms with Gasteiger partial charge in [0.1, 0.15) is 0 Å². The van der Waals surface area contributed by atoms with Gasteiger partial charge in [0.25, 0.3) is 0 Å². The number of hydrogen-bond acceptors (Lipinski definition) is 0. The molecule has 1 aliphatic carbocycles. The molecule has 0 saturated heterocycles. The Morgan fingerprint density at radius 2 is 1.76 bits per heavy atom. The van der Waals surface area contributed by atoms with E-state index in [-0.39, 0.29) is 0 Å². The zero-order valence-corrected chi connectivity index (χ0v) is 18.5. The molecule has 4 unspecified atom stereocenters. The predicted octanol–water partition coefficient (Wildman–Crippen LogP) is 8.73. The van der Waals surface area contributed by atoms with Gasteiger partial charge >= 0.3 is 0 Å². The molecule has 1 saturated carbocycles. The maximum Gasteiger partial charge on any atom is -0.0292 e. The van der Waals surface area contributed by atoms with E-state index in [9.17, 15) is 0 Å². The second-order valence-electron chi connectivity index (χ2n) is 9.02. The SMILES string of the molecule is CCC=C(CCCC)CC(C)CCC1CC1C(C)CC(C)=C(C)CC. The van der Waals surface area contributed by atoms with Crippen molar-refractivity contribution >= 4 is 0 Å². The van der Waals surface area contributed by atoms with E-state index < -0.39 is 0 Å². The lowest BCUT2D eigenvalue weighted by Crippen LogP contribution is -2.03. The summed E-state index contributed by atoms with van der Waals surface area (Å²) in [7, 11) is 0. The molecular weight excluding hydrogens is 300 g/mol. The minimum absolute atomic E-state index is 0.871. The summed E-state index contributed by atoms with van der Waals surface area (Å²) in [4.78, 5) is 0. The zero-order chi connectivity index (χ0) is 18.8. The Kier molecular flexibility index (Phi) is 10.8. The third-order valence-electron chi connectivity index (χ3n) is 6.58. The molecule has 25 heavy (non-hydrogen) atoms. The van der Waals surface area contributed by atoms with Crippen molar-refractivity contribution in [3.8, 4) is 0 Å². The summed E-state index contributed by atoms with van der Waals surface area (Å²) in [6.07, 6.45) is 16.0. The van der Waals surface area contributed by atoms with Gasteiger partial charge in [-0.25, -0.2) is 0 Å². The van der Waals surface area contributed by atoms with Gasteiger partial charge in [0, 0.05) is 0 Å². The Labute approximate surface area is 159 Å². The average Bonchev–Trinajstić information content (AvgIpc) is 3.37. The molecule has 1 aliphatic rings. The van der Waals surface area contributed by atoms with Gasteiger partial charge in [-0.15, -0.1) is 0 Å². The van der Waals surface area contributed by atoms with Crippen LogP contribution >= 0.6 is 0 Å². The van der Waals surface area contributed by atoms with E-state index in [4.69, 9.17) is 0 Å². The van der Waals surface area contributed by atoms with Gasteiger partial charge in [-0.05, 0) is 88.9 Å². The second kappa shape index (κ2) is 12.0. The quantitative estimate of drug-likeness (QED) is 0.292. The van der Waals surface area contributed by atoms with E-state index in [1.54, 1.807) is 16.7 Å². The Hall–Kier alpha value is -0.520. The third kappa shape index (κ3) is 8.61. The molecule has 1 fully saturated rings. The maximum atomic E-state index is 2.50. The fourth-order valence-electron chi connectivity index (χ4n) is 4.44. The highest BCUT2D eigenvalue weighted by Crippen LogP contribution is 2.49. The van der Waals surface area contributed by atoms with Crippen molar-refractivity contribution in [3.05, 3.63) is 22.8 Å². The van der Waals surface area contributed by atoms with Crippen LogP contribution in [-0.4, -0.2) is 0 Å². The fraction of sp³-hybridized carbons (Fsp3) is 0.840. The van der Waals surface area contributed by atoms with E-state index in [2.05, 4.69) is 54.5 Å². The van der Waals surface area contributed by atoms with Gasteiger partial charge in [0.15, 0.2) is 0 Å². The summed E-state index contributed by atoms with van der Waals surface area (Å²) in [6.45, 7) is 16.5. The normalized spacial score (nSPS) is 24.0. The molecule has 146 valence electrons. The van der Waals surface area contributed by atoms with Crippen LogP contribution in [0.3, 0.4) is 0 Å². The Bertz CT molecular complexity index is 425. The number of unbranched alkanes of at least 4 members (excludes halogenated alkanes) is 1. The van der Waals surface area contributed by atoms with E-state index in [0.29, 0.717) is 0 Å². The number of hydrogen-bond donors (Lipinski definition) is 0.